The molecule has 0 atom stereocenters. The maximum absolute atomic E-state index is 13.0. The highest BCUT2D eigenvalue weighted by Crippen LogP contribution is 2.29. The number of benzene rings is 1. The van der Waals surface area contributed by atoms with Crippen molar-refractivity contribution in [2.24, 2.45) is 0 Å². The second-order valence-corrected chi connectivity index (χ2v) is 6.88. The molecule has 0 fully saturated rings. The zero-order valence-electron chi connectivity index (χ0n) is 17.6. The molecule has 0 aliphatic carbocycles. The van der Waals surface area contributed by atoms with Gasteiger partial charge in [0.1, 0.15) is 11.4 Å². The van der Waals surface area contributed by atoms with Gasteiger partial charge in [0.15, 0.2) is 5.69 Å². The number of amides is 1. The van der Waals surface area contributed by atoms with Crippen molar-refractivity contribution >= 4 is 6.09 Å². The number of aromatic nitrogens is 2. The number of rotatable bonds is 5. The van der Waals surface area contributed by atoms with Crippen molar-refractivity contribution in [3.05, 3.63) is 47.3 Å². The maximum Gasteiger partial charge on any atom is 0.435 e. The van der Waals surface area contributed by atoms with Crippen LogP contribution in [-0.4, -0.2) is 28.6 Å². The van der Waals surface area contributed by atoms with Gasteiger partial charge in [-0.3, -0.25) is 4.68 Å². The minimum Gasteiger partial charge on any atom is -0.497 e. The highest BCUT2D eigenvalue weighted by Gasteiger charge is 2.35. The summed E-state index contributed by atoms with van der Waals surface area (Å²) in [5, 5.41) is 6.10. The Kier molecular flexibility index (Phi) is 8.54. The molecule has 1 N–H and O–H groups in total. The van der Waals surface area contributed by atoms with Crippen molar-refractivity contribution in [1.82, 2.24) is 15.1 Å². The van der Waals surface area contributed by atoms with Crippen LogP contribution in [0.5, 0.6) is 5.75 Å². The fourth-order valence-electron chi connectivity index (χ4n) is 2.25. The molecule has 162 valence electrons. The highest BCUT2D eigenvalue weighted by molar-refractivity contribution is 5.67. The number of carbonyl (C=O) groups excluding carboxylic acids is 1. The first kappa shape index (κ1) is 24.3. The first-order valence-electron chi connectivity index (χ1n) is 9.21. The van der Waals surface area contributed by atoms with E-state index in [-0.39, 0.29) is 18.8 Å². The number of nitrogens with zero attached hydrogens (tertiary/aromatic N) is 2. The molecular weight excluding hydrogens is 387 g/mol. The zero-order chi connectivity index (χ0) is 22.2. The summed E-state index contributed by atoms with van der Waals surface area (Å²) in [7, 11) is 1.53. The van der Waals surface area contributed by atoms with Crippen LogP contribution < -0.4 is 10.1 Å². The Bertz CT molecular complexity index is 779. The largest absolute Gasteiger partial charge is 0.497 e. The van der Waals surface area contributed by atoms with Crippen molar-refractivity contribution in [3.63, 3.8) is 0 Å². The molecule has 6 nitrogen and oxygen atoms in total. The van der Waals surface area contributed by atoms with Crippen LogP contribution in [0, 0.1) is 0 Å². The number of hydrogen-bond acceptors (Lipinski definition) is 4. The van der Waals surface area contributed by atoms with E-state index in [0.29, 0.717) is 5.75 Å². The summed E-state index contributed by atoms with van der Waals surface area (Å²) >= 11 is 0. The monoisotopic (exact) mass is 415 g/mol. The summed E-state index contributed by atoms with van der Waals surface area (Å²) in [6.07, 6.45) is -5.29. The number of halogens is 3. The fraction of sp³-hybridized carbons (Fsp3) is 0.500. The summed E-state index contributed by atoms with van der Waals surface area (Å²) in [5.41, 5.74) is -0.767. The molecular formula is C20H28F3N3O3. The van der Waals surface area contributed by atoms with E-state index in [1.54, 1.807) is 45.0 Å². The average Bonchev–Trinajstić information content (AvgIpc) is 3.04. The summed E-state index contributed by atoms with van der Waals surface area (Å²) in [4.78, 5) is 11.8. The average molecular weight is 415 g/mol. The Morgan fingerprint density at radius 2 is 1.72 bits per heavy atom. The lowest BCUT2D eigenvalue weighted by Gasteiger charge is -2.19. The Morgan fingerprint density at radius 1 is 1.14 bits per heavy atom. The van der Waals surface area contributed by atoms with Gasteiger partial charge in [-0.2, -0.15) is 18.3 Å². The Labute approximate surface area is 169 Å². The van der Waals surface area contributed by atoms with Gasteiger partial charge >= 0.3 is 12.3 Å². The van der Waals surface area contributed by atoms with Gasteiger partial charge in [0.2, 0.25) is 0 Å². The quantitative estimate of drug-likeness (QED) is 0.746. The molecule has 2 aromatic rings. The van der Waals surface area contributed by atoms with E-state index < -0.39 is 23.6 Å². The number of alkyl halides is 3. The van der Waals surface area contributed by atoms with Crippen molar-refractivity contribution in [2.45, 2.75) is 59.5 Å². The number of ether oxygens (including phenoxy) is 2. The van der Waals surface area contributed by atoms with Crippen molar-refractivity contribution in [2.75, 3.05) is 7.11 Å². The molecule has 2 rings (SSSR count). The molecule has 0 saturated carbocycles. The first-order valence-corrected chi connectivity index (χ1v) is 9.21. The molecule has 1 heterocycles. The first-order chi connectivity index (χ1) is 13.5. The SMILES string of the molecule is CC.COc1ccc(Cn2nc(C(F)(F)F)cc2CNC(=O)OC(C)(C)C)cc1. The number of methoxy groups -OCH3 is 1. The van der Waals surface area contributed by atoms with Crippen LogP contribution in [0.4, 0.5) is 18.0 Å². The minimum absolute atomic E-state index is 0.116. The zero-order valence-corrected chi connectivity index (χ0v) is 17.6. The maximum atomic E-state index is 13.0. The smallest absolute Gasteiger partial charge is 0.435 e. The van der Waals surface area contributed by atoms with Crippen LogP contribution in [0.2, 0.25) is 0 Å². The predicted octanol–water partition coefficient (Wildman–Crippen LogP) is 5.01. The third-order valence-corrected chi connectivity index (χ3v) is 3.46. The molecule has 1 amide bonds. The highest BCUT2D eigenvalue weighted by atomic mass is 19.4. The summed E-state index contributed by atoms with van der Waals surface area (Å²) in [6, 6.07) is 7.81. The lowest BCUT2D eigenvalue weighted by atomic mass is 10.2. The molecule has 29 heavy (non-hydrogen) atoms. The second-order valence-electron chi connectivity index (χ2n) is 6.88. The molecule has 0 aliphatic heterocycles. The van der Waals surface area contributed by atoms with Gasteiger partial charge < -0.3 is 14.8 Å². The number of nitrogens with one attached hydrogen (secondary N) is 1. The fourth-order valence-corrected chi connectivity index (χ4v) is 2.25. The summed E-state index contributed by atoms with van der Waals surface area (Å²) in [5.74, 6) is 0.641. The predicted molar refractivity (Wildman–Crippen MR) is 104 cm³/mol. The van der Waals surface area contributed by atoms with Crippen LogP contribution in [0.25, 0.3) is 0 Å². The lowest BCUT2D eigenvalue weighted by Crippen LogP contribution is -2.32. The van der Waals surface area contributed by atoms with E-state index >= 15 is 0 Å². The molecule has 0 radical (unpaired) electrons. The summed E-state index contributed by atoms with van der Waals surface area (Å²) in [6.45, 7) is 9.06. The third-order valence-electron chi connectivity index (χ3n) is 3.46. The van der Waals surface area contributed by atoms with Crippen LogP contribution in [0.15, 0.2) is 30.3 Å². The molecule has 0 saturated heterocycles. The third kappa shape index (κ3) is 8.05. The van der Waals surface area contributed by atoms with Crippen molar-refractivity contribution in [1.29, 1.82) is 0 Å². The molecule has 1 aromatic carbocycles. The van der Waals surface area contributed by atoms with Crippen molar-refractivity contribution in [3.8, 4) is 5.75 Å². The van der Waals surface area contributed by atoms with Crippen LogP contribution >= 0.6 is 0 Å². The Balaban J connectivity index is 0.00000204. The van der Waals surface area contributed by atoms with Crippen LogP contribution in [0.3, 0.4) is 0 Å². The van der Waals surface area contributed by atoms with Crippen molar-refractivity contribution < 1.29 is 27.4 Å². The molecule has 0 spiro atoms. The molecule has 0 bridgehead atoms. The van der Waals surface area contributed by atoms with E-state index in [2.05, 4.69) is 10.4 Å². The van der Waals surface area contributed by atoms with Crippen LogP contribution in [0.1, 0.15) is 51.6 Å². The van der Waals surface area contributed by atoms with Gasteiger partial charge in [0.25, 0.3) is 0 Å². The standard InChI is InChI=1S/C18H22F3N3O3.C2H6/c1-17(2,3)27-16(25)22-10-13-9-15(18(19,20)21)23-24(13)11-12-5-7-14(26-4)8-6-12;1-2/h5-9H,10-11H2,1-4H3,(H,22,25);1-2H3. The Morgan fingerprint density at radius 3 is 2.21 bits per heavy atom. The normalized spacial score (nSPS) is 11.3. The van der Waals surface area contributed by atoms with E-state index in [1.165, 1.54) is 11.8 Å². The van der Waals surface area contributed by atoms with Gasteiger partial charge in [-0.15, -0.1) is 0 Å². The van der Waals surface area contributed by atoms with E-state index in [9.17, 15) is 18.0 Å². The molecule has 1 aromatic heterocycles. The second kappa shape index (κ2) is 10.2. The molecule has 9 heteroatoms. The number of alkyl carbamates (subject to hydrolysis) is 1. The number of carbonyl (C=O) groups is 1. The van der Waals surface area contributed by atoms with Gasteiger partial charge in [-0.1, -0.05) is 26.0 Å². The molecule has 0 unspecified atom stereocenters. The van der Waals surface area contributed by atoms with E-state index in [4.69, 9.17) is 9.47 Å². The van der Waals surface area contributed by atoms with E-state index in [0.717, 1.165) is 11.6 Å². The van der Waals surface area contributed by atoms with Gasteiger partial charge in [-0.25, -0.2) is 4.79 Å². The lowest BCUT2D eigenvalue weighted by molar-refractivity contribution is -0.141. The van der Waals surface area contributed by atoms with Gasteiger partial charge in [0, 0.05) is 0 Å². The van der Waals surface area contributed by atoms with Gasteiger partial charge in [0.05, 0.1) is 25.9 Å². The summed E-state index contributed by atoms with van der Waals surface area (Å²) < 4.78 is 50.5. The minimum atomic E-state index is -4.58. The van der Waals surface area contributed by atoms with E-state index in [1.807, 2.05) is 13.8 Å². The van der Waals surface area contributed by atoms with Gasteiger partial charge in [-0.05, 0) is 44.5 Å². The Hall–Kier alpha value is -2.71. The molecule has 0 aliphatic rings. The topological polar surface area (TPSA) is 65.4 Å². The van der Waals surface area contributed by atoms with Crippen LogP contribution in [-0.2, 0) is 24.0 Å². The number of hydrogen-bond donors (Lipinski definition) is 1.